The predicted molar refractivity (Wildman–Crippen MR) is 106 cm³/mol. The van der Waals surface area contributed by atoms with Crippen molar-refractivity contribution in [2.24, 2.45) is 0 Å². The maximum Gasteiger partial charge on any atom is 0.269 e. The molecule has 3 rings (SSSR count). The van der Waals surface area contributed by atoms with Crippen LogP contribution in [0, 0.1) is 17.0 Å². The zero-order valence-electron chi connectivity index (χ0n) is 14.9. The van der Waals surface area contributed by atoms with Gasteiger partial charge in [0, 0.05) is 30.1 Å². The third-order valence-corrected chi connectivity index (χ3v) is 5.16. The number of carbonyl (C=O) groups excluding carboxylic acids is 1. The summed E-state index contributed by atoms with van der Waals surface area (Å²) < 4.78 is 2.16. The van der Waals surface area contributed by atoms with E-state index in [9.17, 15) is 14.9 Å². The summed E-state index contributed by atoms with van der Waals surface area (Å²) in [6, 6.07) is 14.2. The lowest BCUT2D eigenvalue weighted by Gasteiger charge is -2.08. The number of benzene rings is 2. The number of carbonyl (C=O) groups is 1. The van der Waals surface area contributed by atoms with Crippen LogP contribution in [0.5, 0.6) is 0 Å². The van der Waals surface area contributed by atoms with E-state index in [-0.39, 0.29) is 17.3 Å². The maximum atomic E-state index is 12.0. The molecule has 0 radical (unpaired) electrons. The van der Waals surface area contributed by atoms with Gasteiger partial charge in [0.15, 0.2) is 0 Å². The Balaban J connectivity index is 1.42. The molecule has 1 N–H and O–H groups in total. The number of hydrogen-bond donors (Lipinski definition) is 1. The lowest BCUT2D eigenvalue weighted by molar-refractivity contribution is -0.384. The van der Waals surface area contributed by atoms with Gasteiger partial charge in [-0.3, -0.25) is 14.9 Å². The molecule has 3 aromatic rings. The number of non-ortho nitro benzene ring substituents is 1. The summed E-state index contributed by atoms with van der Waals surface area (Å²) in [4.78, 5) is 27.5. The summed E-state index contributed by atoms with van der Waals surface area (Å²) in [5, 5.41) is 13.5. The highest BCUT2D eigenvalue weighted by molar-refractivity contribution is 8.00. The zero-order valence-corrected chi connectivity index (χ0v) is 15.7. The average molecular weight is 384 g/mol. The van der Waals surface area contributed by atoms with Gasteiger partial charge in [-0.2, -0.15) is 0 Å². The average Bonchev–Trinajstić information content (AvgIpc) is 2.99. The molecule has 1 aromatic heterocycles. The molecule has 0 aliphatic rings. The summed E-state index contributed by atoms with van der Waals surface area (Å²) in [5.41, 5.74) is 2.14. The van der Waals surface area contributed by atoms with Crippen LogP contribution in [0.4, 0.5) is 5.69 Å². The molecular weight excluding hydrogens is 364 g/mol. The van der Waals surface area contributed by atoms with Crippen molar-refractivity contribution in [3.8, 4) is 0 Å². The van der Waals surface area contributed by atoms with Gasteiger partial charge in [0.2, 0.25) is 5.91 Å². The predicted octanol–water partition coefficient (Wildman–Crippen LogP) is 3.55. The number of aryl methyl sites for hydroxylation is 2. The van der Waals surface area contributed by atoms with E-state index in [0.29, 0.717) is 6.54 Å². The van der Waals surface area contributed by atoms with Crippen molar-refractivity contribution in [1.29, 1.82) is 0 Å². The van der Waals surface area contributed by atoms with Crippen LogP contribution in [0.15, 0.2) is 53.4 Å². The third kappa shape index (κ3) is 4.85. The number of aromatic nitrogens is 2. The molecule has 8 heteroatoms. The Morgan fingerprint density at radius 2 is 1.96 bits per heavy atom. The first-order valence-electron chi connectivity index (χ1n) is 8.60. The standard InChI is InChI=1S/C19H20N4O3S/c1-14-21-17-5-2-3-6-18(17)22(14)12-4-11-20-19(24)13-27-16-9-7-15(8-10-16)23(25)26/h2-3,5-10H,4,11-13H2,1H3,(H,20,24). The van der Waals surface area contributed by atoms with Gasteiger partial charge in [-0.25, -0.2) is 4.98 Å². The molecule has 1 amide bonds. The molecule has 0 aliphatic heterocycles. The third-order valence-electron chi connectivity index (χ3n) is 4.14. The van der Waals surface area contributed by atoms with Crippen LogP contribution >= 0.6 is 11.8 Å². The van der Waals surface area contributed by atoms with Crippen molar-refractivity contribution in [2.75, 3.05) is 12.3 Å². The number of nitro benzene ring substituents is 1. The summed E-state index contributed by atoms with van der Waals surface area (Å²) in [6.07, 6.45) is 0.815. The number of nitro groups is 1. The van der Waals surface area contributed by atoms with Crippen molar-refractivity contribution < 1.29 is 9.72 Å². The molecule has 0 aliphatic carbocycles. The van der Waals surface area contributed by atoms with Crippen molar-refractivity contribution in [3.05, 3.63) is 64.5 Å². The van der Waals surface area contributed by atoms with Crippen molar-refractivity contribution in [1.82, 2.24) is 14.9 Å². The second-order valence-electron chi connectivity index (χ2n) is 6.04. The SMILES string of the molecule is Cc1nc2ccccc2n1CCCNC(=O)CSc1ccc([N+](=O)[O-])cc1. The van der Waals surface area contributed by atoms with Crippen LogP contribution in [0.2, 0.25) is 0 Å². The van der Waals surface area contributed by atoms with Gasteiger partial charge in [0.25, 0.3) is 5.69 Å². The minimum absolute atomic E-state index is 0.0473. The van der Waals surface area contributed by atoms with E-state index in [1.807, 2.05) is 25.1 Å². The van der Waals surface area contributed by atoms with E-state index in [2.05, 4.69) is 20.9 Å². The number of nitrogens with zero attached hydrogens (tertiary/aromatic N) is 3. The highest BCUT2D eigenvalue weighted by Crippen LogP contribution is 2.21. The Kier molecular flexibility index (Phi) is 6.08. The van der Waals surface area contributed by atoms with Crippen LogP contribution in [0.3, 0.4) is 0 Å². The monoisotopic (exact) mass is 384 g/mol. The van der Waals surface area contributed by atoms with Crippen LogP contribution < -0.4 is 5.32 Å². The number of thioether (sulfide) groups is 1. The van der Waals surface area contributed by atoms with Crippen molar-refractivity contribution in [3.63, 3.8) is 0 Å². The van der Waals surface area contributed by atoms with Gasteiger partial charge < -0.3 is 9.88 Å². The van der Waals surface area contributed by atoms with Gasteiger partial charge in [0.05, 0.1) is 21.7 Å². The molecule has 7 nitrogen and oxygen atoms in total. The Labute approximate surface area is 160 Å². The van der Waals surface area contributed by atoms with E-state index in [0.717, 1.165) is 34.7 Å². The van der Waals surface area contributed by atoms with Crippen molar-refractivity contribution in [2.45, 2.75) is 24.8 Å². The van der Waals surface area contributed by atoms with Crippen LogP contribution in [-0.4, -0.2) is 32.7 Å². The van der Waals surface area contributed by atoms with E-state index in [4.69, 9.17) is 0 Å². The van der Waals surface area contributed by atoms with Gasteiger partial charge in [0.1, 0.15) is 5.82 Å². The van der Waals surface area contributed by atoms with Gasteiger partial charge in [-0.05, 0) is 37.6 Å². The summed E-state index contributed by atoms with van der Waals surface area (Å²) >= 11 is 1.36. The Bertz CT molecular complexity index is 953. The highest BCUT2D eigenvalue weighted by Gasteiger charge is 2.08. The number of nitrogens with one attached hydrogen (secondary N) is 1. The van der Waals surface area contributed by atoms with Gasteiger partial charge >= 0.3 is 0 Å². The van der Waals surface area contributed by atoms with Crippen LogP contribution in [-0.2, 0) is 11.3 Å². The minimum Gasteiger partial charge on any atom is -0.355 e. The van der Waals surface area contributed by atoms with E-state index >= 15 is 0 Å². The molecular formula is C19H20N4O3S. The molecule has 0 atom stereocenters. The summed E-state index contributed by atoms with van der Waals surface area (Å²) in [5.74, 6) is 1.20. The number of amides is 1. The molecule has 0 fully saturated rings. The fourth-order valence-electron chi connectivity index (χ4n) is 2.81. The molecule has 1 heterocycles. The molecule has 140 valence electrons. The normalized spacial score (nSPS) is 10.9. The molecule has 0 unspecified atom stereocenters. The molecule has 0 spiro atoms. The fourth-order valence-corrected chi connectivity index (χ4v) is 3.54. The van der Waals surface area contributed by atoms with Gasteiger partial charge in [-0.1, -0.05) is 12.1 Å². The first-order chi connectivity index (χ1) is 13.0. The van der Waals surface area contributed by atoms with Crippen LogP contribution in [0.25, 0.3) is 11.0 Å². The van der Waals surface area contributed by atoms with Crippen LogP contribution in [0.1, 0.15) is 12.2 Å². The maximum absolute atomic E-state index is 12.0. The highest BCUT2D eigenvalue weighted by atomic mass is 32.2. The molecule has 27 heavy (non-hydrogen) atoms. The molecule has 2 aromatic carbocycles. The molecule has 0 bridgehead atoms. The Morgan fingerprint density at radius 1 is 1.22 bits per heavy atom. The smallest absolute Gasteiger partial charge is 0.269 e. The topological polar surface area (TPSA) is 90.1 Å². The number of rotatable bonds is 8. The Morgan fingerprint density at radius 3 is 2.70 bits per heavy atom. The quantitative estimate of drug-likeness (QED) is 0.278. The lowest BCUT2D eigenvalue weighted by atomic mass is 10.3. The minimum atomic E-state index is -0.438. The first kappa shape index (κ1) is 18.9. The fraction of sp³-hybridized carbons (Fsp3) is 0.263. The van der Waals surface area contributed by atoms with Gasteiger partial charge in [-0.15, -0.1) is 11.8 Å². The largest absolute Gasteiger partial charge is 0.355 e. The second-order valence-corrected chi connectivity index (χ2v) is 7.09. The summed E-state index contributed by atoms with van der Waals surface area (Å²) in [6.45, 7) is 3.37. The second kappa shape index (κ2) is 8.68. The van der Waals surface area contributed by atoms with E-state index in [1.165, 1.54) is 23.9 Å². The number of imidazole rings is 1. The van der Waals surface area contributed by atoms with E-state index < -0.39 is 4.92 Å². The number of fused-ring (bicyclic) bond motifs is 1. The molecule has 0 saturated carbocycles. The molecule has 0 saturated heterocycles. The lowest BCUT2D eigenvalue weighted by Crippen LogP contribution is -2.26. The number of para-hydroxylation sites is 2. The number of hydrogen-bond acceptors (Lipinski definition) is 5. The first-order valence-corrected chi connectivity index (χ1v) is 9.59. The van der Waals surface area contributed by atoms with Crippen molar-refractivity contribution >= 4 is 34.4 Å². The summed E-state index contributed by atoms with van der Waals surface area (Å²) in [7, 11) is 0. The Hall–Kier alpha value is -2.87. The zero-order chi connectivity index (χ0) is 19.2. The van der Waals surface area contributed by atoms with E-state index in [1.54, 1.807) is 12.1 Å².